The third-order valence-electron chi connectivity index (χ3n) is 12.1. The predicted molar refractivity (Wildman–Crippen MR) is 293 cm³/mol. The number of unbranched alkanes of at least 4 members (excludes halogenated alkanes) is 29. The van der Waals surface area contributed by atoms with Gasteiger partial charge in [0.05, 0.1) is 19.8 Å². The molecule has 0 aromatic rings. The first-order chi connectivity index (χ1) is 33.4. The van der Waals surface area contributed by atoms with E-state index in [-0.39, 0.29) is 32.3 Å². The molecule has 0 aliphatic rings. The van der Waals surface area contributed by atoms with Gasteiger partial charge in [-0.3, -0.25) is 13.8 Å². The van der Waals surface area contributed by atoms with Crippen LogP contribution in [0.25, 0.3) is 0 Å². The van der Waals surface area contributed by atoms with Crippen molar-refractivity contribution >= 4 is 13.8 Å². The minimum Gasteiger partial charge on any atom is -0.457 e. The summed E-state index contributed by atoms with van der Waals surface area (Å²) >= 11 is 0. The zero-order valence-electron chi connectivity index (χ0n) is 44.3. The van der Waals surface area contributed by atoms with Crippen LogP contribution in [0.1, 0.15) is 258 Å². The number of rotatable bonds is 54. The quantitative estimate of drug-likeness (QED) is 0.0268. The molecular formula is C59H108NO7P. The summed E-state index contributed by atoms with van der Waals surface area (Å²) in [5, 5.41) is 0. The van der Waals surface area contributed by atoms with Crippen LogP contribution in [0.5, 0.6) is 0 Å². The molecule has 396 valence electrons. The third-order valence-corrected chi connectivity index (χ3v) is 13.1. The first-order valence-electron chi connectivity index (χ1n) is 28.4. The Morgan fingerprint density at radius 3 is 1.24 bits per heavy atom. The monoisotopic (exact) mass is 974 g/mol. The highest BCUT2D eigenvalue weighted by Gasteiger charge is 2.25. The molecule has 0 aromatic carbocycles. The van der Waals surface area contributed by atoms with Crippen LogP contribution in [0.3, 0.4) is 0 Å². The van der Waals surface area contributed by atoms with Crippen molar-refractivity contribution in [3.05, 3.63) is 72.9 Å². The lowest BCUT2D eigenvalue weighted by Gasteiger charge is -2.20. The lowest BCUT2D eigenvalue weighted by atomic mass is 10.0. The zero-order valence-corrected chi connectivity index (χ0v) is 45.2. The Kier molecular flexibility index (Phi) is 54.2. The third kappa shape index (κ3) is 54.9. The molecule has 0 rings (SSSR count). The van der Waals surface area contributed by atoms with Crippen LogP contribution in [0.2, 0.25) is 0 Å². The fourth-order valence-corrected chi connectivity index (χ4v) is 8.77. The van der Waals surface area contributed by atoms with Gasteiger partial charge in [0, 0.05) is 19.6 Å². The molecule has 0 saturated heterocycles. The molecule has 0 aliphatic carbocycles. The number of hydrogen-bond donors (Lipinski definition) is 2. The van der Waals surface area contributed by atoms with Crippen molar-refractivity contribution in [2.45, 2.75) is 264 Å². The smallest absolute Gasteiger partial charge is 0.457 e. The van der Waals surface area contributed by atoms with Gasteiger partial charge in [-0.05, 0) is 64.2 Å². The molecule has 2 atom stereocenters. The van der Waals surface area contributed by atoms with E-state index in [9.17, 15) is 14.3 Å². The van der Waals surface area contributed by atoms with Gasteiger partial charge in [0.2, 0.25) is 0 Å². The van der Waals surface area contributed by atoms with Gasteiger partial charge in [-0.2, -0.15) is 0 Å². The number of hydrogen-bond acceptors (Lipinski definition) is 7. The largest absolute Gasteiger partial charge is 0.472 e. The maximum Gasteiger partial charge on any atom is 0.472 e. The fourth-order valence-electron chi connectivity index (χ4n) is 8.00. The summed E-state index contributed by atoms with van der Waals surface area (Å²) in [6.07, 6.45) is 72.4. The summed E-state index contributed by atoms with van der Waals surface area (Å²) in [5.41, 5.74) is 5.40. The normalized spacial score (nSPS) is 13.8. The summed E-state index contributed by atoms with van der Waals surface area (Å²) in [7, 11) is -4.29. The fraction of sp³-hybridized carbons (Fsp3) is 0.780. The Hall–Kier alpha value is -2.06. The zero-order chi connectivity index (χ0) is 49.4. The SMILES string of the molecule is CC/C=C\C/C=C\C/C=C\C/C=C\C/C=C\C/C=C\CCCCCCCCCOCC(COP(=O)(O)OCCN)OC(=O)CCCCCCCCCCCCCCCCCCCCCCCCC. The van der Waals surface area contributed by atoms with Gasteiger partial charge in [0.1, 0.15) is 6.10 Å². The molecule has 0 radical (unpaired) electrons. The molecule has 0 saturated carbocycles. The second kappa shape index (κ2) is 55.9. The first kappa shape index (κ1) is 65.9. The summed E-state index contributed by atoms with van der Waals surface area (Å²) in [4.78, 5) is 22.7. The maximum atomic E-state index is 12.7. The van der Waals surface area contributed by atoms with E-state index in [0.717, 1.165) is 83.5 Å². The molecule has 8 nitrogen and oxygen atoms in total. The average molecular weight is 974 g/mol. The minimum absolute atomic E-state index is 0.0966. The molecule has 0 amide bonds. The van der Waals surface area contributed by atoms with E-state index in [1.807, 2.05) is 0 Å². The van der Waals surface area contributed by atoms with E-state index in [4.69, 9.17) is 24.3 Å². The molecule has 9 heteroatoms. The predicted octanol–water partition coefficient (Wildman–Crippen LogP) is 18.2. The number of esters is 1. The summed E-state index contributed by atoms with van der Waals surface area (Å²) in [6, 6.07) is 0. The van der Waals surface area contributed by atoms with Crippen LogP contribution >= 0.6 is 7.82 Å². The molecule has 0 aromatic heterocycles. The second-order valence-corrected chi connectivity index (χ2v) is 20.2. The van der Waals surface area contributed by atoms with Gasteiger partial charge in [-0.25, -0.2) is 4.57 Å². The van der Waals surface area contributed by atoms with Crippen LogP contribution in [-0.4, -0.2) is 49.9 Å². The summed E-state index contributed by atoms with van der Waals surface area (Å²) in [5.74, 6) is -0.331. The minimum atomic E-state index is -4.29. The van der Waals surface area contributed by atoms with Gasteiger partial charge >= 0.3 is 13.8 Å². The van der Waals surface area contributed by atoms with Crippen molar-refractivity contribution in [3.8, 4) is 0 Å². The molecule has 0 fully saturated rings. The van der Waals surface area contributed by atoms with Crippen LogP contribution in [0.15, 0.2) is 72.9 Å². The molecule has 0 spiro atoms. The summed E-state index contributed by atoms with van der Waals surface area (Å²) < 4.78 is 33.7. The van der Waals surface area contributed by atoms with Gasteiger partial charge in [-0.15, -0.1) is 0 Å². The molecule has 2 unspecified atom stereocenters. The summed E-state index contributed by atoms with van der Waals surface area (Å²) in [6.45, 7) is 4.82. The van der Waals surface area contributed by atoms with Crippen molar-refractivity contribution < 1.29 is 32.8 Å². The Balaban J connectivity index is 3.93. The number of phosphoric acid groups is 1. The Labute approximate surface area is 420 Å². The van der Waals surface area contributed by atoms with Gasteiger partial charge < -0.3 is 20.1 Å². The molecule has 0 heterocycles. The first-order valence-corrected chi connectivity index (χ1v) is 29.9. The highest BCUT2D eigenvalue weighted by molar-refractivity contribution is 7.47. The van der Waals surface area contributed by atoms with Crippen molar-refractivity contribution in [2.75, 3.05) is 33.0 Å². The number of nitrogens with two attached hydrogens (primary N) is 1. The molecule has 0 bridgehead atoms. The van der Waals surface area contributed by atoms with Crippen LogP contribution in [0, 0.1) is 0 Å². The van der Waals surface area contributed by atoms with Crippen molar-refractivity contribution in [2.24, 2.45) is 5.73 Å². The number of phosphoric ester groups is 1. The van der Waals surface area contributed by atoms with Gasteiger partial charge in [-0.1, -0.05) is 260 Å². The standard InChI is InChI=1S/C59H108NO7P/c1-3-5-7-9-11-13-15-17-19-21-23-25-27-28-29-31-33-35-37-39-41-43-45-47-49-51-54-64-56-58(57-66-68(62,63)65-55-53-60)67-59(61)52-50-48-46-44-42-40-38-36-34-32-30-26-24-22-20-18-16-14-12-10-8-6-4-2/h5,7,11,13,17,19,23,25,28-29,33,35,58H,3-4,6,8-10,12,14-16,18,20-22,24,26-27,30-32,34,36-57,60H2,1-2H3,(H,62,63)/b7-5-,13-11-,19-17-,25-23-,29-28-,35-33-. The Morgan fingerprint density at radius 1 is 0.456 bits per heavy atom. The topological polar surface area (TPSA) is 117 Å². The van der Waals surface area contributed by atoms with Crippen molar-refractivity contribution in [3.63, 3.8) is 0 Å². The maximum absolute atomic E-state index is 12.7. The van der Waals surface area contributed by atoms with Crippen LogP contribution in [-0.2, 0) is 27.9 Å². The Bertz CT molecular complexity index is 1280. The molecule has 0 aliphatic heterocycles. The number of carbonyl (C=O) groups is 1. The lowest BCUT2D eigenvalue weighted by molar-refractivity contribution is -0.154. The molecular weight excluding hydrogens is 866 g/mol. The second-order valence-electron chi connectivity index (χ2n) is 18.8. The van der Waals surface area contributed by atoms with E-state index in [2.05, 4.69) is 86.8 Å². The van der Waals surface area contributed by atoms with Crippen molar-refractivity contribution in [1.29, 1.82) is 0 Å². The van der Waals surface area contributed by atoms with Crippen molar-refractivity contribution in [1.82, 2.24) is 0 Å². The van der Waals surface area contributed by atoms with Gasteiger partial charge in [0.15, 0.2) is 0 Å². The van der Waals surface area contributed by atoms with Gasteiger partial charge in [0.25, 0.3) is 0 Å². The van der Waals surface area contributed by atoms with E-state index >= 15 is 0 Å². The highest BCUT2D eigenvalue weighted by Crippen LogP contribution is 2.43. The highest BCUT2D eigenvalue weighted by atomic mass is 31.2. The number of ether oxygens (including phenoxy) is 2. The lowest BCUT2D eigenvalue weighted by Crippen LogP contribution is -2.28. The van der Waals surface area contributed by atoms with E-state index in [1.54, 1.807) is 0 Å². The van der Waals surface area contributed by atoms with Crippen LogP contribution < -0.4 is 5.73 Å². The van der Waals surface area contributed by atoms with Crippen LogP contribution in [0.4, 0.5) is 0 Å². The number of carbonyl (C=O) groups excluding carboxylic acids is 1. The van der Waals surface area contributed by atoms with E-state index in [0.29, 0.717) is 13.0 Å². The average Bonchev–Trinajstić information content (AvgIpc) is 3.33. The van der Waals surface area contributed by atoms with E-state index in [1.165, 1.54) is 154 Å². The molecule has 68 heavy (non-hydrogen) atoms. The Morgan fingerprint density at radius 2 is 0.824 bits per heavy atom. The van der Waals surface area contributed by atoms with E-state index < -0.39 is 13.9 Å². The molecule has 3 N–H and O–H groups in total. The number of allylic oxidation sites excluding steroid dienone is 12.